The van der Waals surface area contributed by atoms with Crippen LogP contribution in [-0.4, -0.2) is 31.9 Å². The van der Waals surface area contributed by atoms with Crippen molar-refractivity contribution in [3.8, 4) is 11.3 Å². The molecule has 0 saturated heterocycles. The summed E-state index contributed by atoms with van der Waals surface area (Å²) in [5.74, 6) is 0.369. The van der Waals surface area contributed by atoms with Crippen molar-refractivity contribution < 1.29 is 9.59 Å². The first kappa shape index (κ1) is 19.5. The van der Waals surface area contributed by atoms with Crippen LogP contribution < -0.4 is 10.6 Å². The van der Waals surface area contributed by atoms with Crippen molar-refractivity contribution in [2.45, 2.75) is 19.8 Å². The second kappa shape index (κ2) is 7.16. The number of hydrogen-bond acceptors (Lipinski definition) is 5. The maximum absolute atomic E-state index is 13.3. The number of hydrogen-bond donors (Lipinski definition) is 4. The number of carbonyl (C=O) groups is 2. The Kier molecular flexibility index (Phi) is 4.23. The van der Waals surface area contributed by atoms with Gasteiger partial charge in [0.2, 0.25) is 0 Å². The minimum absolute atomic E-state index is 0.0533. The van der Waals surface area contributed by atoms with Crippen LogP contribution in [0.3, 0.4) is 0 Å². The van der Waals surface area contributed by atoms with Gasteiger partial charge in [0, 0.05) is 35.3 Å². The highest BCUT2D eigenvalue weighted by molar-refractivity contribution is 6.10. The monoisotopic (exact) mass is 438 g/mol. The number of H-pyrrole nitrogens is 2. The summed E-state index contributed by atoms with van der Waals surface area (Å²) in [4.78, 5) is 33.6. The second-order valence-electron chi connectivity index (χ2n) is 9.03. The highest BCUT2D eigenvalue weighted by Crippen LogP contribution is 2.60. The molecule has 0 aliphatic heterocycles. The van der Waals surface area contributed by atoms with Gasteiger partial charge in [-0.25, -0.2) is 4.98 Å². The van der Waals surface area contributed by atoms with E-state index in [1.165, 1.54) is 6.20 Å². The van der Waals surface area contributed by atoms with Gasteiger partial charge in [0.05, 0.1) is 16.9 Å². The predicted octanol–water partition coefficient (Wildman–Crippen LogP) is 4.56. The summed E-state index contributed by atoms with van der Waals surface area (Å²) >= 11 is 0. The highest BCUT2D eigenvalue weighted by Gasteiger charge is 2.58. The number of fused-ring (bicyclic) bond motifs is 2. The molecule has 2 atom stereocenters. The zero-order chi connectivity index (χ0) is 22.6. The molecule has 4 N–H and O–H groups in total. The third kappa shape index (κ3) is 3.31. The molecule has 0 radical (unpaired) electrons. The zero-order valence-electron chi connectivity index (χ0n) is 18.0. The third-order valence-corrected chi connectivity index (χ3v) is 6.65. The molecule has 1 aromatic carbocycles. The molecule has 1 saturated carbocycles. The summed E-state index contributed by atoms with van der Waals surface area (Å²) in [5.41, 5.74) is 5.41. The maximum atomic E-state index is 13.3. The minimum Gasteiger partial charge on any atom is -0.356 e. The third-order valence-electron chi connectivity index (χ3n) is 6.65. The number of nitrogens with one attached hydrogen (secondary N) is 4. The van der Waals surface area contributed by atoms with Crippen LogP contribution in [0.15, 0.2) is 60.9 Å². The summed E-state index contributed by atoms with van der Waals surface area (Å²) in [5, 5.41) is 12.7. The number of Topliss-reactive ketones (excluding diaryl/α,β-unsaturated/α-hetero) is 1. The van der Waals surface area contributed by atoms with Crippen molar-refractivity contribution >= 4 is 28.9 Å². The van der Waals surface area contributed by atoms with Crippen molar-refractivity contribution in [1.82, 2.24) is 20.2 Å². The van der Waals surface area contributed by atoms with E-state index in [2.05, 4.69) is 37.7 Å². The smallest absolute Gasteiger partial charge is 0.274 e. The molecule has 3 aromatic heterocycles. The first-order valence-corrected chi connectivity index (χ1v) is 10.9. The van der Waals surface area contributed by atoms with Gasteiger partial charge in [0.1, 0.15) is 11.5 Å². The zero-order valence-corrected chi connectivity index (χ0v) is 18.0. The SMILES string of the molecule is CC12Cc3[nH]c(-c4ccnc(NC(=O)c5ccn[nH]5)c4)c(Nc4ccccc4)c3C(=O)C1C2. The lowest BCUT2D eigenvalue weighted by molar-refractivity contribution is 0.0940. The molecule has 164 valence electrons. The van der Waals surface area contributed by atoms with Gasteiger partial charge in [-0.15, -0.1) is 0 Å². The van der Waals surface area contributed by atoms with Crippen LogP contribution >= 0.6 is 0 Å². The standard InChI is InChI=1S/C25H22N6O2/c1-25-12-16(25)23(32)20-18(13-25)29-21(22(20)28-15-5-3-2-4-6-15)14-7-9-26-19(11-14)30-24(33)17-8-10-27-31-17/h2-11,16,28-29H,12-13H2,1H3,(H,27,31)(H,26,30,33). The quantitative estimate of drug-likeness (QED) is 0.365. The number of ketones is 1. The molecule has 8 nitrogen and oxygen atoms in total. The number of aromatic amines is 2. The Morgan fingerprint density at radius 3 is 2.79 bits per heavy atom. The Morgan fingerprint density at radius 1 is 1.15 bits per heavy atom. The van der Waals surface area contributed by atoms with Gasteiger partial charge in [-0.2, -0.15) is 5.10 Å². The number of nitrogens with zero attached hydrogens (tertiary/aromatic N) is 2. The summed E-state index contributed by atoms with van der Waals surface area (Å²) < 4.78 is 0. The van der Waals surface area contributed by atoms with Crippen LogP contribution in [0.1, 0.15) is 39.9 Å². The lowest BCUT2D eigenvalue weighted by Gasteiger charge is -2.18. The topological polar surface area (TPSA) is 116 Å². The molecular formula is C25H22N6O2. The Balaban J connectivity index is 1.41. The second-order valence-corrected chi connectivity index (χ2v) is 9.03. The number of anilines is 3. The number of pyridine rings is 1. The molecule has 8 heteroatoms. The molecule has 0 spiro atoms. The van der Waals surface area contributed by atoms with E-state index in [1.807, 2.05) is 36.4 Å². The summed E-state index contributed by atoms with van der Waals surface area (Å²) in [6, 6.07) is 15.1. The van der Waals surface area contributed by atoms with Crippen LogP contribution in [0.2, 0.25) is 0 Å². The molecule has 0 bridgehead atoms. The molecule has 1 amide bonds. The Labute approximate surface area is 189 Å². The van der Waals surface area contributed by atoms with E-state index in [4.69, 9.17) is 0 Å². The van der Waals surface area contributed by atoms with Gasteiger partial charge in [-0.3, -0.25) is 14.7 Å². The predicted molar refractivity (Wildman–Crippen MR) is 125 cm³/mol. The number of carbonyl (C=O) groups excluding carboxylic acids is 2. The van der Waals surface area contributed by atoms with Gasteiger partial charge < -0.3 is 15.6 Å². The summed E-state index contributed by atoms with van der Waals surface area (Å²) in [6.45, 7) is 2.18. The van der Waals surface area contributed by atoms with Gasteiger partial charge >= 0.3 is 0 Å². The average molecular weight is 438 g/mol. The van der Waals surface area contributed by atoms with Gasteiger partial charge in [0.15, 0.2) is 5.78 Å². The number of benzene rings is 1. The van der Waals surface area contributed by atoms with Crippen LogP contribution in [0.25, 0.3) is 11.3 Å². The molecule has 2 aliphatic carbocycles. The number of rotatable bonds is 5. The molecule has 3 heterocycles. The van der Waals surface area contributed by atoms with Crippen molar-refractivity contribution in [2.24, 2.45) is 11.3 Å². The fourth-order valence-corrected chi connectivity index (χ4v) is 4.77. The van der Waals surface area contributed by atoms with Crippen molar-refractivity contribution in [1.29, 1.82) is 0 Å². The van der Waals surface area contributed by atoms with E-state index in [-0.39, 0.29) is 23.0 Å². The van der Waals surface area contributed by atoms with E-state index in [1.54, 1.807) is 18.3 Å². The van der Waals surface area contributed by atoms with Gasteiger partial charge in [-0.05, 0) is 48.6 Å². The molecule has 2 aliphatic rings. The lowest BCUT2D eigenvalue weighted by atomic mass is 9.87. The van der Waals surface area contributed by atoms with E-state index in [9.17, 15) is 9.59 Å². The van der Waals surface area contributed by atoms with E-state index < -0.39 is 0 Å². The molecule has 1 fully saturated rings. The van der Waals surface area contributed by atoms with Crippen LogP contribution in [0.4, 0.5) is 17.2 Å². The largest absolute Gasteiger partial charge is 0.356 e. The molecular weight excluding hydrogens is 416 g/mol. The van der Waals surface area contributed by atoms with Crippen LogP contribution in [0, 0.1) is 11.3 Å². The molecule has 33 heavy (non-hydrogen) atoms. The number of amides is 1. The summed E-state index contributed by atoms with van der Waals surface area (Å²) in [6.07, 6.45) is 4.95. The maximum Gasteiger partial charge on any atom is 0.274 e. The highest BCUT2D eigenvalue weighted by atomic mass is 16.2. The molecule has 2 unspecified atom stereocenters. The van der Waals surface area contributed by atoms with Gasteiger partial charge in [0.25, 0.3) is 5.91 Å². The normalized spacial score (nSPS) is 20.6. The van der Waals surface area contributed by atoms with Gasteiger partial charge in [-0.1, -0.05) is 25.1 Å². The Hall–Kier alpha value is -4.20. The number of para-hydroxylation sites is 1. The van der Waals surface area contributed by atoms with E-state index >= 15 is 0 Å². The van der Waals surface area contributed by atoms with Crippen LogP contribution in [0.5, 0.6) is 0 Å². The van der Waals surface area contributed by atoms with E-state index in [0.29, 0.717) is 11.5 Å². The van der Waals surface area contributed by atoms with Crippen molar-refractivity contribution in [3.05, 3.63) is 77.9 Å². The fraction of sp³-hybridized carbons (Fsp3) is 0.200. The lowest BCUT2D eigenvalue weighted by Crippen LogP contribution is -2.19. The molecule has 4 aromatic rings. The average Bonchev–Trinajstić information content (AvgIpc) is 3.16. The minimum atomic E-state index is -0.325. The Bertz CT molecular complexity index is 1380. The molecule has 6 rings (SSSR count). The van der Waals surface area contributed by atoms with Crippen LogP contribution in [-0.2, 0) is 6.42 Å². The summed E-state index contributed by atoms with van der Waals surface area (Å²) in [7, 11) is 0. The van der Waals surface area contributed by atoms with Crippen molar-refractivity contribution in [3.63, 3.8) is 0 Å². The number of aromatic nitrogens is 4. The fourth-order valence-electron chi connectivity index (χ4n) is 4.77. The van der Waals surface area contributed by atoms with Crippen molar-refractivity contribution in [2.75, 3.05) is 10.6 Å². The first-order valence-electron chi connectivity index (χ1n) is 10.9. The Morgan fingerprint density at radius 2 is 2.00 bits per heavy atom. The first-order chi connectivity index (χ1) is 16.0. The van der Waals surface area contributed by atoms with E-state index in [0.717, 1.165) is 46.7 Å².